The summed E-state index contributed by atoms with van der Waals surface area (Å²) < 4.78 is 36.8. The van der Waals surface area contributed by atoms with Crippen LogP contribution in [0.4, 0.5) is 13.2 Å². The lowest BCUT2D eigenvalue weighted by molar-refractivity contribution is -0.0604. The van der Waals surface area contributed by atoms with E-state index in [-0.39, 0.29) is 12.0 Å². The van der Waals surface area contributed by atoms with E-state index in [1.165, 1.54) is 11.1 Å². The van der Waals surface area contributed by atoms with Gasteiger partial charge in [0.25, 0.3) is 0 Å². The van der Waals surface area contributed by atoms with E-state index in [0.29, 0.717) is 0 Å². The standard InChI is InChI=1S/C8H9F3N2O/c1-13-4-2-3-6(5-13)7(12-14)8(9,10)11/h2,4-5,14H,3H2,1H3/b12-7+. The summed E-state index contributed by atoms with van der Waals surface area (Å²) >= 11 is 0. The summed E-state index contributed by atoms with van der Waals surface area (Å²) in [5, 5.41) is 10.6. The van der Waals surface area contributed by atoms with Crippen molar-refractivity contribution in [1.29, 1.82) is 0 Å². The zero-order chi connectivity index (χ0) is 10.8. The monoisotopic (exact) mass is 206 g/mol. The predicted octanol–water partition coefficient (Wildman–Crippen LogP) is 2.11. The number of halogens is 3. The highest BCUT2D eigenvalue weighted by molar-refractivity contribution is 6.04. The van der Waals surface area contributed by atoms with E-state index in [2.05, 4.69) is 5.16 Å². The van der Waals surface area contributed by atoms with Crippen molar-refractivity contribution in [1.82, 2.24) is 4.90 Å². The third-order valence-corrected chi connectivity index (χ3v) is 1.71. The molecular formula is C8H9F3N2O. The molecule has 0 saturated carbocycles. The van der Waals surface area contributed by atoms with E-state index < -0.39 is 11.9 Å². The van der Waals surface area contributed by atoms with Gasteiger partial charge in [-0.25, -0.2) is 0 Å². The number of allylic oxidation sites excluding steroid dienone is 2. The number of hydrogen-bond acceptors (Lipinski definition) is 3. The molecule has 0 unspecified atom stereocenters. The second-order valence-corrected chi connectivity index (χ2v) is 2.86. The van der Waals surface area contributed by atoms with Gasteiger partial charge in [0.1, 0.15) is 0 Å². The summed E-state index contributed by atoms with van der Waals surface area (Å²) in [7, 11) is 1.60. The second kappa shape index (κ2) is 3.73. The molecule has 1 aliphatic heterocycles. The summed E-state index contributed by atoms with van der Waals surface area (Å²) in [6.07, 6.45) is -0.0283. The molecule has 1 rings (SSSR count). The molecule has 3 nitrogen and oxygen atoms in total. The van der Waals surface area contributed by atoms with Crippen LogP contribution >= 0.6 is 0 Å². The molecule has 6 heteroatoms. The fourth-order valence-corrected chi connectivity index (χ4v) is 1.15. The first kappa shape index (κ1) is 10.6. The van der Waals surface area contributed by atoms with Crippen LogP contribution in [0.3, 0.4) is 0 Å². The van der Waals surface area contributed by atoms with Gasteiger partial charge in [-0.3, -0.25) is 0 Å². The van der Waals surface area contributed by atoms with Crippen LogP contribution in [0, 0.1) is 0 Å². The van der Waals surface area contributed by atoms with E-state index >= 15 is 0 Å². The first-order valence-corrected chi connectivity index (χ1v) is 3.84. The topological polar surface area (TPSA) is 35.8 Å². The Labute approximate surface area is 78.8 Å². The summed E-state index contributed by atoms with van der Waals surface area (Å²) in [6, 6.07) is 0. The molecule has 1 aliphatic rings. The second-order valence-electron chi connectivity index (χ2n) is 2.86. The molecule has 0 spiro atoms. The van der Waals surface area contributed by atoms with Crippen LogP contribution in [0.1, 0.15) is 6.42 Å². The molecule has 0 fully saturated rings. The highest BCUT2D eigenvalue weighted by Crippen LogP contribution is 2.25. The Balaban J connectivity index is 2.93. The van der Waals surface area contributed by atoms with Crippen molar-refractivity contribution in [3.63, 3.8) is 0 Å². The van der Waals surface area contributed by atoms with E-state index in [1.54, 1.807) is 19.3 Å². The average Bonchev–Trinajstić information content (AvgIpc) is 2.02. The van der Waals surface area contributed by atoms with E-state index in [4.69, 9.17) is 5.21 Å². The van der Waals surface area contributed by atoms with Gasteiger partial charge in [-0.2, -0.15) is 13.2 Å². The zero-order valence-corrected chi connectivity index (χ0v) is 7.41. The van der Waals surface area contributed by atoms with Crippen molar-refractivity contribution in [3.05, 3.63) is 24.0 Å². The van der Waals surface area contributed by atoms with Gasteiger partial charge in [0.15, 0.2) is 5.71 Å². The van der Waals surface area contributed by atoms with Crippen LogP contribution in [-0.2, 0) is 0 Å². The maximum absolute atomic E-state index is 12.3. The third-order valence-electron chi connectivity index (χ3n) is 1.71. The largest absolute Gasteiger partial charge is 0.436 e. The minimum absolute atomic E-state index is 0.0509. The van der Waals surface area contributed by atoms with Crippen LogP contribution < -0.4 is 0 Å². The molecule has 0 saturated heterocycles. The summed E-state index contributed by atoms with van der Waals surface area (Å²) in [5.41, 5.74) is -1.29. The molecule has 1 N–H and O–H groups in total. The molecule has 0 aromatic rings. The molecule has 1 heterocycles. The number of rotatable bonds is 1. The lowest BCUT2D eigenvalue weighted by atomic mass is 10.1. The van der Waals surface area contributed by atoms with Crippen molar-refractivity contribution in [2.45, 2.75) is 12.6 Å². The highest BCUT2D eigenvalue weighted by Gasteiger charge is 2.38. The molecule has 0 atom stereocenters. The smallest absolute Gasteiger partial charge is 0.410 e. The van der Waals surface area contributed by atoms with Crippen LogP contribution in [0.2, 0.25) is 0 Å². The fourth-order valence-electron chi connectivity index (χ4n) is 1.15. The molecule has 78 valence electrons. The van der Waals surface area contributed by atoms with Gasteiger partial charge in [-0.05, 0) is 12.6 Å². The van der Waals surface area contributed by atoms with Gasteiger partial charge in [0.2, 0.25) is 0 Å². The lowest BCUT2D eigenvalue weighted by Gasteiger charge is -2.18. The number of alkyl halides is 3. The molecule has 0 bridgehead atoms. The van der Waals surface area contributed by atoms with Crippen molar-refractivity contribution in [2.75, 3.05) is 7.05 Å². The Kier molecular flexibility index (Phi) is 2.83. The maximum Gasteiger partial charge on any atom is 0.436 e. The summed E-state index contributed by atoms with van der Waals surface area (Å²) in [4.78, 5) is 1.47. The first-order valence-electron chi connectivity index (χ1n) is 3.84. The molecule has 14 heavy (non-hydrogen) atoms. The van der Waals surface area contributed by atoms with Crippen molar-refractivity contribution in [3.8, 4) is 0 Å². The van der Waals surface area contributed by atoms with E-state index in [0.717, 1.165) is 0 Å². The quantitative estimate of drug-likeness (QED) is 0.405. The lowest BCUT2D eigenvalue weighted by Crippen LogP contribution is -2.27. The van der Waals surface area contributed by atoms with E-state index in [9.17, 15) is 13.2 Å². The normalized spacial score (nSPS) is 18.4. The first-order chi connectivity index (χ1) is 6.45. The van der Waals surface area contributed by atoms with Gasteiger partial charge in [0.05, 0.1) is 0 Å². The molecule has 0 radical (unpaired) electrons. The van der Waals surface area contributed by atoms with Gasteiger partial charge in [0, 0.05) is 18.8 Å². The summed E-state index contributed by atoms with van der Waals surface area (Å²) in [5.74, 6) is 0. The van der Waals surface area contributed by atoms with Crippen LogP contribution in [0.15, 0.2) is 29.2 Å². The zero-order valence-electron chi connectivity index (χ0n) is 7.41. The molecule has 0 aliphatic carbocycles. The molecule has 0 aromatic carbocycles. The maximum atomic E-state index is 12.3. The van der Waals surface area contributed by atoms with Crippen LogP contribution in [0.25, 0.3) is 0 Å². The fraction of sp³-hybridized carbons (Fsp3) is 0.375. The third kappa shape index (κ3) is 2.27. The highest BCUT2D eigenvalue weighted by atomic mass is 19.4. The Morgan fingerprint density at radius 3 is 2.64 bits per heavy atom. The minimum Gasteiger partial charge on any atom is -0.410 e. The van der Waals surface area contributed by atoms with Gasteiger partial charge in [-0.15, -0.1) is 0 Å². The van der Waals surface area contributed by atoms with Gasteiger partial charge in [-0.1, -0.05) is 11.2 Å². The van der Waals surface area contributed by atoms with Crippen LogP contribution in [-0.4, -0.2) is 29.0 Å². The Morgan fingerprint density at radius 1 is 1.57 bits per heavy atom. The Bertz CT molecular complexity index is 304. The van der Waals surface area contributed by atoms with E-state index in [1.807, 2.05) is 0 Å². The Hall–Kier alpha value is -1.46. The minimum atomic E-state index is -4.62. The number of oxime groups is 1. The van der Waals surface area contributed by atoms with Crippen LogP contribution in [0.5, 0.6) is 0 Å². The SMILES string of the molecule is CN1C=CCC(/C(=N\O)C(F)(F)F)=C1. The van der Waals surface area contributed by atoms with Crippen molar-refractivity contribution in [2.24, 2.45) is 5.16 Å². The average molecular weight is 206 g/mol. The number of hydrogen-bond donors (Lipinski definition) is 1. The van der Waals surface area contributed by atoms with Crippen molar-refractivity contribution >= 4 is 5.71 Å². The molecule has 0 aromatic heterocycles. The Morgan fingerprint density at radius 2 is 2.21 bits per heavy atom. The predicted molar refractivity (Wildman–Crippen MR) is 44.9 cm³/mol. The van der Waals surface area contributed by atoms with Gasteiger partial charge < -0.3 is 10.1 Å². The summed E-state index contributed by atoms with van der Waals surface area (Å²) in [6.45, 7) is 0. The number of nitrogens with zero attached hydrogens (tertiary/aromatic N) is 2. The van der Waals surface area contributed by atoms with Gasteiger partial charge >= 0.3 is 6.18 Å². The van der Waals surface area contributed by atoms with Crippen molar-refractivity contribution < 1.29 is 18.4 Å². The molecule has 0 amide bonds. The molecular weight excluding hydrogens is 197 g/mol.